The number of amides is 2. The Morgan fingerprint density at radius 2 is 1.52 bits per heavy atom. The number of nitrogens with one attached hydrogen (secondary N) is 1. The Labute approximate surface area is 154 Å². The normalized spacial score (nSPS) is 13.7. The molecule has 27 heavy (non-hydrogen) atoms. The first kappa shape index (κ1) is 18.9. The topological polar surface area (TPSA) is 101 Å². The van der Waals surface area contributed by atoms with Crippen LogP contribution in [0.5, 0.6) is 0 Å². The molecule has 0 unspecified atom stereocenters. The van der Waals surface area contributed by atoms with Gasteiger partial charge >= 0.3 is 0 Å². The van der Waals surface area contributed by atoms with Crippen LogP contribution in [0.2, 0.25) is 0 Å². The van der Waals surface area contributed by atoms with Gasteiger partial charge in [0.1, 0.15) is 5.82 Å². The highest BCUT2D eigenvalue weighted by atomic mass is 32.2. The van der Waals surface area contributed by atoms with E-state index in [9.17, 15) is 27.2 Å². The highest BCUT2D eigenvalue weighted by Gasteiger charge is 2.35. The maximum absolute atomic E-state index is 12.9. The summed E-state index contributed by atoms with van der Waals surface area (Å²) in [5.41, 5.74) is 0.637. The van der Waals surface area contributed by atoms with Crippen LogP contribution in [0, 0.1) is 5.82 Å². The van der Waals surface area contributed by atoms with Gasteiger partial charge in [0.05, 0.1) is 23.4 Å². The SMILES string of the molecule is O=C(CNS(=O)(=O)CCN1C(=O)c2ccccc2C1=O)c1ccc(F)cc1. The van der Waals surface area contributed by atoms with Gasteiger partial charge in [-0.25, -0.2) is 17.5 Å². The molecule has 0 bridgehead atoms. The number of rotatable bonds is 7. The van der Waals surface area contributed by atoms with E-state index in [0.717, 1.165) is 17.0 Å². The van der Waals surface area contributed by atoms with Gasteiger partial charge in [0, 0.05) is 12.1 Å². The second kappa shape index (κ2) is 7.37. The van der Waals surface area contributed by atoms with E-state index in [2.05, 4.69) is 4.72 Å². The molecular formula is C18H15FN2O5S. The van der Waals surface area contributed by atoms with E-state index < -0.39 is 45.7 Å². The zero-order valence-corrected chi connectivity index (χ0v) is 14.8. The monoisotopic (exact) mass is 390 g/mol. The van der Waals surface area contributed by atoms with Gasteiger partial charge in [-0.1, -0.05) is 12.1 Å². The molecule has 0 aromatic heterocycles. The first-order chi connectivity index (χ1) is 12.8. The van der Waals surface area contributed by atoms with Crippen LogP contribution in [0.4, 0.5) is 4.39 Å². The number of imide groups is 1. The lowest BCUT2D eigenvalue weighted by Gasteiger charge is -2.14. The van der Waals surface area contributed by atoms with Crippen molar-refractivity contribution in [1.82, 2.24) is 9.62 Å². The minimum atomic E-state index is -3.91. The molecular weight excluding hydrogens is 375 g/mol. The summed E-state index contributed by atoms with van der Waals surface area (Å²) >= 11 is 0. The highest BCUT2D eigenvalue weighted by molar-refractivity contribution is 7.89. The fourth-order valence-corrected chi connectivity index (χ4v) is 3.56. The number of nitrogens with zero attached hydrogens (tertiary/aromatic N) is 1. The Kier molecular flexibility index (Phi) is 5.15. The number of halogens is 1. The van der Waals surface area contributed by atoms with Crippen molar-refractivity contribution in [3.8, 4) is 0 Å². The third kappa shape index (κ3) is 4.09. The van der Waals surface area contributed by atoms with E-state index >= 15 is 0 Å². The molecule has 9 heteroatoms. The molecule has 140 valence electrons. The molecule has 0 saturated carbocycles. The fraction of sp³-hybridized carbons (Fsp3) is 0.167. The third-order valence-electron chi connectivity index (χ3n) is 4.08. The first-order valence-electron chi connectivity index (χ1n) is 8.00. The Bertz CT molecular complexity index is 983. The third-order valence-corrected chi connectivity index (χ3v) is 5.38. The molecule has 7 nitrogen and oxygen atoms in total. The molecule has 1 aliphatic rings. The maximum Gasteiger partial charge on any atom is 0.261 e. The zero-order valence-electron chi connectivity index (χ0n) is 14.0. The van der Waals surface area contributed by atoms with Crippen molar-refractivity contribution in [2.24, 2.45) is 0 Å². The molecule has 0 saturated heterocycles. The summed E-state index contributed by atoms with van der Waals surface area (Å²) in [6.45, 7) is -0.831. The number of Topliss-reactive ketones (excluding diaryl/α,β-unsaturated/α-hetero) is 1. The first-order valence-corrected chi connectivity index (χ1v) is 9.65. The predicted octanol–water partition coefficient (Wildman–Crippen LogP) is 1.22. The average Bonchev–Trinajstić information content (AvgIpc) is 2.90. The van der Waals surface area contributed by atoms with E-state index in [4.69, 9.17) is 0 Å². The summed E-state index contributed by atoms with van der Waals surface area (Å²) in [6.07, 6.45) is 0. The van der Waals surface area contributed by atoms with E-state index in [1.807, 2.05) is 0 Å². The van der Waals surface area contributed by atoms with E-state index in [1.54, 1.807) is 12.1 Å². The van der Waals surface area contributed by atoms with Crippen molar-refractivity contribution < 1.29 is 27.2 Å². The van der Waals surface area contributed by atoms with E-state index in [1.165, 1.54) is 24.3 Å². The summed E-state index contributed by atoms with van der Waals surface area (Å²) in [5.74, 6) is -2.66. The molecule has 0 atom stereocenters. The standard InChI is InChI=1S/C18H15FN2O5S/c19-13-7-5-12(6-8-13)16(22)11-20-27(25,26)10-9-21-17(23)14-3-1-2-4-15(14)18(21)24/h1-8,20H,9-11H2. The predicted molar refractivity (Wildman–Crippen MR) is 94.3 cm³/mol. The molecule has 2 aromatic carbocycles. The number of carbonyl (C=O) groups excluding carboxylic acids is 3. The summed E-state index contributed by atoms with van der Waals surface area (Å²) < 4.78 is 39.2. The number of benzene rings is 2. The summed E-state index contributed by atoms with van der Waals surface area (Å²) in [6, 6.07) is 11.0. The molecule has 2 aromatic rings. The smallest absolute Gasteiger partial charge is 0.261 e. The van der Waals surface area contributed by atoms with E-state index in [-0.39, 0.29) is 23.2 Å². The fourth-order valence-electron chi connectivity index (χ4n) is 2.64. The Morgan fingerprint density at radius 3 is 2.07 bits per heavy atom. The Hall–Kier alpha value is -2.91. The average molecular weight is 390 g/mol. The lowest BCUT2D eigenvalue weighted by atomic mass is 10.1. The van der Waals surface area contributed by atoms with Crippen LogP contribution in [-0.2, 0) is 10.0 Å². The number of ketones is 1. The van der Waals surface area contributed by atoms with Gasteiger partial charge in [0.15, 0.2) is 5.78 Å². The highest BCUT2D eigenvalue weighted by Crippen LogP contribution is 2.22. The van der Waals surface area contributed by atoms with Crippen LogP contribution in [0.15, 0.2) is 48.5 Å². The molecule has 0 radical (unpaired) electrons. The number of carbonyl (C=O) groups is 3. The number of sulfonamides is 1. The molecule has 0 spiro atoms. The minimum Gasteiger partial charge on any atom is -0.293 e. The molecule has 1 heterocycles. The van der Waals surface area contributed by atoms with E-state index in [0.29, 0.717) is 0 Å². The number of fused-ring (bicyclic) bond motifs is 1. The van der Waals surface area contributed by atoms with Gasteiger partial charge in [-0.2, -0.15) is 0 Å². The van der Waals surface area contributed by atoms with Gasteiger partial charge in [-0.3, -0.25) is 19.3 Å². The quantitative estimate of drug-likeness (QED) is 0.566. The maximum atomic E-state index is 12.9. The molecule has 2 amide bonds. The van der Waals surface area contributed by atoms with Crippen molar-refractivity contribution >= 4 is 27.6 Å². The van der Waals surface area contributed by atoms with Crippen molar-refractivity contribution in [2.45, 2.75) is 0 Å². The van der Waals surface area contributed by atoms with Crippen molar-refractivity contribution in [3.05, 3.63) is 71.0 Å². The van der Waals surface area contributed by atoms with Crippen molar-refractivity contribution in [1.29, 1.82) is 0 Å². The largest absolute Gasteiger partial charge is 0.293 e. The van der Waals surface area contributed by atoms with Crippen LogP contribution < -0.4 is 4.72 Å². The molecule has 0 fully saturated rings. The van der Waals surface area contributed by atoms with Crippen molar-refractivity contribution in [2.75, 3.05) is 18.8 Å². The molecule has 0 aliphatic carbocycles. The van der Waals surface area contributed by atoms with Gasteiger partial charge in [0.2, 0.25) is 10.0 Å². The van der Waals surface area contributed by atoms with Crippen molar-refractivity contribution in [3.63, 3.8) is 0 Å². The van der Waals surface area contributed by atoms with Gasteiger partial charge in [-0.15, -0.1) is 0 Å². The molecule has 3 rings (SSSR count). The number of hydrogen-bond acceptors (Lipinski definition) is 5. The second-order valence-electron chi connectivity index (χ2n) is 5.88. The lowest BCUT2D eigenvalue weighted by molar-refractivity contribution is 0.0663. The van der Waals surface area contributed by atoms with Crippen LogP contribution in [0.3, 0.4) is 0 Å². The van der Waals surface area contributed by atoms with Gasteiger partial charge in [0.25, 0.3) is 11.8 Å². The van der Waals surface area contributed by atoms with Crippen LogP contribution in [0.1, 0.15) is 31.1 Å². The van der Waals surface area contributed by atoms with Crippen LogP contribution >= 0.6 is 0 Å². The Balaban J connectivity index is 1.58. The minimum absolute atomic E-state index is 0.166. The van der Waals surface area contributed by atoms with Gasteiger partial charge in [-0.05, 0) is 36.4 Å². The molecule has 1 aliphatic heterocycles. The van der Waals surface area contributed by atoms with Gasteiger partial charge < -0.3 is 0 Å². The second-order valence-corrected chi connectivity index (χ2v) is 7.80. The summed E-state index contributed by atoms with van der Waals surface area (Å²) in [4.78, 5) is 37.2. The Morgan fingerprint density at radius 1 is 0.963 bits per heavy atom. The summed E-state index contributed by atoms with van der Waals surface area (Å²) in [5, 5.41) is 0. The molecule has 1 N–H and O–H groups in total. The lowest BCUT2D eigenvalue weighted by Crippen LogP contribution is -2.39. The summed E-state index contributed by atoms with van der Waals surface area (Å²) in [7, 11) is -3.91. The number of hydrogen-bond donors (Lipinski definition) is 1. The van der Waals surface area contributed by atoms with Crippen LogP contribution in [-0.4, -0.2) is 49.8 Å². The van der Waals surface area contributed by atoms with Crippen LogP contribution in [0.25, 0.3) is 0 Å². The zero-order chi connectivity index (χ0) is 19.6.